The number of nitrogens with one attached hydrogen (secondary N) is 1. The number of likely N-dealkylation sites (tertiary alicyclic amines) is 1. The molecule has 0 bridgehead atoms. The zero-order valence-corrected chi connectivity index (χ0v) is 17.4. The van der Waals surface area contributed by atoms with Crippen LogP contribution >= 0.6 is 0 Å². The highest BCUT2D eigenvalue weighted by molar-refractivity contribution is 5.91. The average Bonchev–Trinajstić information content (AvgIpc) is 3.17. The number of rotatable bonds is 5. The second-order valence-electron chi connectivity index (χ2n) is 7.41. The van der Waals surface area contributed by atoms with Gasteiger partial charge in [0.25, 0.3) is 0 Å². The predicted octanol–water partition coefficient (Wildman–Crippen LogP) is 4.52. The first-order chi connectivity index (χ1) is 14.7. The van der Waals surface area contributed by atoms with Gasteiger partial charge in [-0.3, -0.25) is 4.98 Å². The third-order valence-corrected chi connectivity index (χ3v) is 5.47. The van der Waals surface area contributed by atoms with Gasteiger partial charge in [0.05, 0.1) is 12.3 Å². The standard InChI is InChI=1S/C23H27N5O2/c1-3-30-21-7-5-4-6-20(21)26-23(29)27-14-10-19(11-15-27)28-17(2)16-25-22(28)18-8-12-24-13-9-18/h4-9,12-13,16,19H,3,10-11,14-15H2,1-2H3,(H,26,29). The van der Waals surface area contributed by atoms with Crippen molar-refractivity contribution in [3.63, 3.8) is 0 Å². The summed E-state index contributed by atoms with van der Waals surface area (Å²) < 4.78 is 7.91. The molecule has 2 amide bonds. The summed E-state index contributed by atoms with van der Waals surface area (Å²) in [5.41, 5.74) is 2.90. The van der Waals surface area contributed by atoms with Gasteiger partial charge in [0.15, 0.2) is 0 Å². The van der Waals surface area contributed by atoms with Gasteiger partial charge in [0.1, 0.15) is 11.6 Å². The SMILES string of the molecule is CCOc1ccccc1NC(=O)N1CCC(n2c(C)cnc2-c2ccncc2)CC1. The Morgan fingerprint density at radius 1 is 1.17 bits per heavy atom. The molecule has 3 heterocycles. The number of para-hydroxylation sites is 2. The summed E-state index contributed by atoms with van der Waals surface area (Å²) >= 11 is 0. The third kappa shape index (κ3) is 4.15. The van der Waals surface area contributed by atoms with Crippen LogP contribution in [0.25, 0.3) is 11.4 Å². The van der Waals surface area contributed by atoms with Crippen molar-refractivity contribution >= 4 is 11.7 Å². The van der Waals surface area contributed by atoms with Gasteiger partial charge < -0.3 is 19.5 Å². The van der Waals surface area contributed by atoms with E-state index in [1.807, 2.05) is 54.4 Å². The number of ether oxygens (including phenoxy) is 1. The first kappa shape index (κ1) is 19.9. The van der Waals surface area contributed by atoms with Crippen molar-refractivity contribution in [1.82, 2.24) is 19.4 Å². The quantitative estimate of drug-likeness (QED) is 0.677. The normalized spacial score (nSPS) is 14.5. The number of aryl methyl sites for hydroxylation is 1. The summed E-state index contributed by atoms with van der Waals surface area (Å²) in [6, 6.07) is 11.7. The highest BCUT2D eigenvalue weighted by Crippen LogP contribution is 2.31. The van der Waals surface area contributed by atoms with Crippen LogP contribution in [0.3, 0.4) is 0 Å². The predicted molar refractivity (Wildman–Crippen MR) is 117 cm³/mol. The lowest BCUT2D eigenvalue weighted by Crippen LogP contribution is -2.41. The van der Waals surface area contributed by atoms with E-state index in [1.54, 1.807) is 12.4 Å². The number of benzene rings is 1. The molecular weight excluding hydrogens is 378 g/mol. The fourth-order valence-corrected chi connectivity index (χ4v) is 3.99. The van der Waals surface area contributed by atoms with E-state index in [9.17, 15) is 4.79 Å². The number of hydrogen-bond donors (Lipinski definition) is 1. The number of carbonyl (C=O) groups is 1. The van der Waals surface area contributed by atoms with E-state index >= 15 is 0 Å². The van der Waals surface area contributed by atoms with Crippen molar-refractivity contribution in [2.45, 2.75) is 32.7 Å². The highest BCUT2D eigenvalue weighted by Gasteiger charge is 2.27. The molecule has 1 N–H and O–H groups in total. The minimum absolute atomic E-state index is 0.0858. The van der Waals surface area contributed by atoms with E-state index in [2.05, 4.69) is 26.8 Å². The number of carbonyl (C=O) groups excluding carboxylic acids is 1. The highest BCUT2D eigenvalue weighted by atomic mass is 16.5. The molecule has 0 spiro atoms. The molecule has 0 aliphatic carbocycles. The Morgan fingerprint density at radius 2 is 1.90 bits per heavy atom. The van der Waals surface area contributed by atoms with E-state index in [0.717, 1.165) is 29.9 Å². The lowest BCUT2D eigenvalue weighted by Gasteiger charge is -2.34. The Bertz CT molecular complexity index is 994. The van der Waals surface area contributed by atoms with Gasteiger partial charge in [-0.15, -0.1) is 0 Å². The number of hydrogen-bond acceptors (Lipinski definition) is 4. The molecule has 7 nitrogen and oxygen atoms in total. The number of anilines is 1. The van der Waals surface area contributed by atoms with Gasteiger partial charge in [-0.25, -0.2) is 9.78 Å². The molecule has 0 saturated carbocycles. The summed E-state index contributed by atoms with van der Waals surface area (Å²) in [5.74, 6) is 1.66. The zero-order chi connectivity index (χ0) is 20.9. The van der Waals surface area contributed by atoms with Gasteiger partial charge in [-0.05, 0) is 51.0 Å². The molecule has 1 saturated heterocycles. The molecule has 2 aromatic heterocycles. The van der Waals surface area contributed by atoms with E-state index in [4.69, 9.17) is 4.74 Å². The van der Waals surface area contributed by atoms with Crippen LogP contribution in [0.1, 0.15) is 31.5 Å². The second kappa shape index (κ2) is 8.98. The summed E-state index contributed by atoms with van der Waals surface area (Å²) in [5, 5.41) is 3.00. The largest absolute Gasteiger partial charge is 0.492 e. The molecule has 7 heteroatoms. The lowest BCUT2D eigenvalue weighted by atomic mass is 10.0. The Balaban J connectivity index is 1.43. The van der Waals surface area contributed by atoms with Crippen LogP contribution in [0.4, 0.5) is 10.5 Å². The molecular formula is C23H27N5O2. The van der Waals surface area contributed by atoms with Gasteiger partial charge in [0.2, 0.25) is 0 Å². The number of urea groups is 1. The van der Waals surface area contributed by atoms with Gasteiger partial charge >= 0.3 is 6.03 Å². The van der Waals surface area contributed by atoms with E-state index < -0.39 is 0 Å². The Hall–Kier alpha value is -3.35. The van der Waals surface area contributed by atoms with E-state index in [0.29, 0.717) is 37.2 Å². The minimum Gasteiger partial charge on any atom is -0.492 e. The maximum Gasteiger partial charge on any atom is 0.321 e. The molecule has 0 atom stereocenters. The number of amides is 2. The second-order valence-corrected chi connectivity index (χ2v) is 7.41. The molecule has 1 aromatic carbocycles. The first-order valence-corrected chi connectivity index (χ1v) is 10.4. The number of aromatic nitrogens is 3. The molecule has 1 fully saturated rings. The van der Waals surface area contributed by atoms with E-state index in [1.165, 1.54) is 0 Å². The summed E-state index contributed by atoms with van der Waals surface area (Å²) in [6.07, 6.45) is 7.26. The number of nitrogens with zero attached hydrogens (tertiary/aromatic N) is 4. The fourth-order valence-electron chi connectivity index (χ4n) is 3.99. The molecule has 30 heavy (non-hydrogen) atoms. The summed E-state index contributed by atoms with van der Waals surface area (Å²) in [6.45, 7) is 5.97. The number of imidazole rings is 1. The molecule has 3 aromatic rings. The van der Waals surface area contributed by atoms with Gasteiger partial charge in [0, 0.05) is 49.0 Å². The van der Waals surface area contributed by atoms with Crippen LogP contribution < -0.4 is 10.1 Å². The van der Waals surface area contributed by atoms with Crippen LogP contribution in [-0.4, -0.2) is 45.2 Å². The zero-order valence-electron chi connectivity index (χ0n) is 17.4. The monoisotopic (exact) mass is 405 g/mol. The van der Waals surface area contributed by atoms with Crippen molar-refractivity contribution in [3.8, 4) is 17.1 Å². The average molecular weight is 406 g/mol. The van der Waals surface area contributed by atoms with Crippen LogP contribution in [0.2, 0.25) is 0 Å². The van der Waals surface area contributed by atoms with Crippen molar-refractivity contribution in [2.75, 3.05) is 25.0 Å². The maximum absolute atomic E-state index is 12.8. The van der Waals surface area contributed by atoms with E-state index in [-0.39, 0.29) is 6.03 Å². The van der Waals surface area contributed by atoms with Crippen molar-refractivity contribution in [1.29, 1.82) is 0 Å². The van der Waals surface area contributed by atoms with Crippen LogP contribution in [0.5, 0.6) is 5.75 Å². The van der Waals surface area contributed by atoms with Crippen LogP contribution in [-0.2, 0) is 0 Å². The topological polar surface area (TPSA) is 72.3 Å². The molecule has 0 unspecified atom stereocenters. The molecule has 1 aliphatic heterocycles. The molecule has 0 radical (unpaired) electrons. The van der Waals surface area contributed by atoms with Gasteiger partial charge in [-0.1, -0.05) is 12.1 Å². The number of pyridine rings is 1. The number of piperidine rings is 1. The fraction of sp³-hybridized carbons (Fsp3) is 0.348. The summed E-state index contributed by atoms with van der Waals surface area (Å²) in [4.78, 5) is 23.4. The van der Waals surface area contributed by atoms with Crippen molar-refractivity contribution in [3.05, 3.63) is 60.7 Å². The van der Waals surface area contributed by atoms with Gasteiger partial charge in [-0.2, -0.15) is 0 Å². The smallest absolute Gasteiger partial charge is 0.321 e. The Kier molecular flexibility index (Phi) is 5.97. The lowest BCUT2D eigenvalue weighted by molar-refractivity contribution is 0.183. The van der Waals surface area contributed by atoms with Crippen LogP contribution in [0, 0.1) is 6.92 Å². The molecule has 156 valence electrons. The summed E-state index contributed by atoms with van der Waals surface area (Å²) in [7, 11) is 0. The minimum atomic E-state index is -0.0858. The van der Waals surface area contributed by atoms with Crippen molar-refractivity contribution < 1.29 is 9.53 Å². The maximum atomic E-state index is 12.8. The molecule has 4 rings (SSSR count). The molecule has 1 aliphatic rings. The third-order valence-electron chi connectivity index (χ3n) is 5.47. The van der Waals surface area contributed by atoms with Crippen LogP contribution in [0.15, 0.2) is 55.0 Å². The Morgan fingerprint density at radius 3 is 2.63 bits per heavy atom. The van der Waals surface area contributed by atoms with Crippen molar-refractivity contribution in [2.24, 2.45) is 0 Å². The first-order valence-electron chi connectivity index (χ1n) is 10.4. The Labute approximate surface area is 176 Å².